The van der Waals surface area contributed by atoms with E-state index in [-0.39, 0.29) is 6.42 Å². The summed E-state index contributed by atoms with van der Waals surface area (Å²) in [6.45, 7) is 4.41. The summed E-state index contributed by atoms with van der Waals surface area (Å²) >= 11 is 0. The Balaban J connectivity index is 2.42. The summed E-state index contributed by atoms with van der Waals surface area (Å²) in [5.74, 6) is 0.659. The molecule has 5 nitrogen and oxygen atoms in total. The van der Waals surface area contributed by atoms with Gasteiger partial charge in [-0.25, -0.2) is 4.98 Å². The molecule has 2 aromatic rings. The minimum absolute atomic E-state index is 0.0647. The van der Waals surface area contributed by atoms with Crippen molar-refractivity contribution in [3.05, 3.63) is 35.7 Å². The van der Waals surface area contributed by atoms with E-state index < -0.39 is 5.97 Å². The number of carboxylic acid groups (broad SMARTS) is 1. The van der Waals surface area contributed by atoms with E-state index in [2.05, 4.69) is 4.98 Å². The van der Waals surface area contributed by atoms with E-state index in [0.29, 0.717) is 12.3 Å². The second kappa shape index (κ2) is 5.77. The van der Waals surface area contributed by atoms with Gasteiger partial charge in [-0.2, -0.15) is 0 Å². The molecule has 0 spiro atoms. The van der Waals surface area contributed by atoms with Gasteiger partial charge >= 0.3 is 5.97 Å². The Hall–Kier alpha value is -2.30. The number of carbonyl (C=O) groups is 1. The van der Waals surface area contributed by atoms with Crippen molar-refractivity contribution in [1.29, 1.82) is 0 Å². The molecule has 0 bridgehead atoms. The molecule has 0 saturated carbocycles. The van der Waals surface area contributed by atoms with Gasteiger partial charge in [0, 0.05) is 18.3 Å². The van der Waals surface area contributed by atoms with Crippen LogP contribution in [0, 0.1) is 6.92 Å². The molecule has 0 radical (unpaired) electrons. The third kappa shape index (κ3) is 2.82. The van der Waals surface area contributed by atoms with E-state index in [1.807, 2.05) is 49.7 Å². The number of aromatic nitrogens is 2. The van der Waals surface area contributed by atoms with Gasteiger partial charge in [0.15, 0.2) is 0 Å². The highest BCUT2D eigenvalue weighted by atomic mass is 16.5. The molecule has 0 fully saturated rings. The molecule has 0 saturated heterocycles. The lowest BCUT2D eigenvalue weighted by atomic mass is 10.2. The zero-order valence-corrected chi connectivity index (χ0v) is 11.9. The van der Waals surface area contributed by atoms with Crippen molar-refractivity contribution < 1.29 is 14.6 Å². The van der Waals surface area contributed by atoms with Crippen LogP contribution in [0.5, 0.6) is 5.75 Å². The van der Waals surface area contributed by atoms with Crippen molar-refractivity contribution in [3.63, 3.8) is 0 Å². The van der Waals surface area contributed by atoms with E-state index in [1.54, 1.807) is 0 Å². The molecule has 1 aromatic heterocycles. The van der Waals surface area contributed by atoms with Crippen LogP contribution in [-0.4, -0.2) is 27.2 Å². The first-order valence-corrected chi connectivity index (χ1v) is 6.50. The summed E-state index contributed by atoms with van der Waals surface area (Å²) in [5, 5.41) is 8.91. The lowest BCUT2D eigenvalue weighted by molar-refractivity contribution is -0.136. The number of ether oxygens (including phenoxy) is 1. The van der Waals surface area contributed by atoms with Gasteiger partial charge in [0.1, 0.15) is 11.6 Å². The Morgan fingerprint density at radius 3 is 2.85 bits per heavy atom. The van der Waals surface area contributed by atoms with Gasteiger partial charge in [0.05, 0.1) is 18.7 Å². The molecular formula is C15H18N2O3. The normalized spacial score (nSPS) is 10.6. The van der Waals surface area contributed by atoms with Gasteiger partial charge in [-0.15, -0.1) is 0 Å². The summed E-state index contributed by atoms with van der Waals surface area (Å²) in [5.41, 5.74) is 2.37. The number of nitrogens with zero attached hydrogens (tertiary/aromatic N) is 2. The number of carboxylic acids is 1. The van der Waals surface area contributed by atoms with Crippen LogP contribution in [0.3, 0.4) is 0 Å². The van der Waals surface area contributed by atoms with Crippen molar-refractivity contribution in [2.75, 3.05) is 6.61 Å². The molecular weight excluding hydrogens is 256 g/mol. The quantitative estimate of drug-likeness (QED) is 0.909. The smallest absolute Gasteiger partial charge is 0.309 e. The average molecular weight is 274 g/mol. The minimum Gasteiger partial charge on any atom is -0.494 e. The summed E-state index contributed by atoms with van der Waals surface area (Å²) in [4.78, 5) is 15.3. The fourth-order valence-corrected chi connectivity index (χ4v) is 2.10. The molecule has 0 amide bonds. The first-order valence-electron chi connectivity index (χ1n) is 6.50. The van der Waals surface area contributed by atoms with Crippen LogP contribution < -0.4 is 4.74 Å². The standard InChI is InChI=1S/C15H18N2O3/c1-4-20-12-7-5-6-11(8-12)15-16-13(9-14(18)19)10(2)17(15)3/h5-8H,4,9H2,1-3H3,(H,18,19). The van der Waals surface area contributed by atoms with Gasteiger partial charge in [-0.05, 0) is 26.0 Å². The van der Waals surface area contributed by atoms with Crippen LogP contribution in [0.4, 0.5) is 0 Å². The Morgan fingerprint density at radius 1 is 1.45 bits per heavy atom. The molecule has 5 heteroatoms. The van der Waals surface area contributed by atoms with Crippen LogP contribution in [0.25, 0.3) is 11.4 Å². The van der Waals surface area contributed by atoms with E-state index >= 15 is 0 Å². The van der Waals surface area contributed by atoms with Crippen LogP contribution >= 0.6 is 0 Å². The van der Waals surface area contributed by atoms with Crippen LogP contribution in [0.15, 0.2) is 24.3 Å². The number of hydrogen-bond donors (Lipinski definition) is 1. The highest BCUT2D eigenvalue weighted by molar-refractivity contribution is 5.70. The van der Waals surface area contributed by atoms with Crippen LogP contribution in [0.2, 0.25) is 0 Å². The fraction of sp³-hybridized carbons (Fsp3) is 0.333. The van der Waals surface area contributed by atoms with Crippen molar-refractivity contribution >= 4 is 5.97 Å². The van der Waals surface area contributed by atoms with Crippen molar-refractivity contribution in [1.82, 2.24) is 9.55 Å². The first kappa shape index (κ1) is 14.1. The fourth-order valence-electron chi connectivity index (χ4n) is 2.10. The number of imidazole rings is 1. The minimum atomic E-state index is -0.874. The lowest BCUT2D eigenvalue weighted by Crippen LogP contribution is -2.02. The maximum atomic E-state index is 10.8. The van der Waals surface area contributed by atoms with E-state index in [0.717, 1.165) is 22.8 Å². The molecule has 1 aromatic carbocycles. The van der Waals surface area contributed by atoms with Gasteiger partial charge in [0.25, 0.3) is 0 Å². The topological polar surface area (TPSA) is 64.3 Å². The van der Waals surface area contributed by atoms with E-state index in [4.69, 9.17) is 9.84 Å². The molecule has 20 heavy (non-hydrogen) atoms. The first-order chi connectivity index (χ1) is 9.52. The second-order valence-electron chi connectivity index (χ2n) is 4.56. The molecule has 106 valence electrons. The SMILES string of the molecule is CCOc1cccc(-c2nc(CC(=O)O)c(C)n2C)c1. The average Bonchev–Trinajstić information content (AvgIpc) is 2.67. The molecule has 1 heterocycles. The molecule has 1 N–H and O–H groups in total. The highest BCUT2D eigenvalue weighted by Gasteiger charge is 2.15. The van der Waals surface area contributed by atoms with Crippen molar-refractivity contribution in [2.45, 2.75) is 20.3 Å². The molecule has 0 aliphatic carbocycles. The van der Waals surface area contributed by atoms with E-state index in [1.165, 1.54) is 0 Å². The van der Waals surface area contributed by atoms with Gasteiger partial charge in [-0.3, -0.25) is 4.79 Å². The maximum absolute atomic E-state index is 10.8. The highest BCUT2D eigenvalue weighted by Crippen LogP contribution is 2.25. The van der Waals surface area contributed by atoms with E-state index in [9.17, 15) is 4.79 Å². The molecule has 0 unspecified atom stereocenters. The Kier molecular flexibility index (Phi) is 4.08. The Morgan fingerprint density at radius 2 is 2.20 bits per heavy atom. The zero-order chi connectivity index (χ0) is 14.7. The monoisotopic (exact) mass is 274 g/mol. The molecule has 0 aliphatic heterocycles. The lowest BCUT2D eigenvalue weighted by Gasteiger charge is -2.06. The summed E-state index contributed by atoms with van der Waals surface area (Å²) in [6, 6.07) is 7.65. The number of hydrogen-bond acceptors (Lipinski definition) is 3. The van der Waals surface area contributed by atoms with Gasteiger partial charge in [0.2, 0.25) is 0 Å². The summed E-state index contributed by atoms with van der Waals surface area (Å²) in [7, 11) is 1.89. The van der Waals surface area contributed by atoms with Gasteiger partial charge in [-0.1, -0.05) is 12.1 Å². The second-order valence-corrected chi connectivity index (χ2v) is 4.56. The number of aliphatic carboxylic acids is 1. The maximum Gasteiger partial charge on any atom is 0.309 e. The summed E-state index contributed by atoms with van der Waals surface area (Å²) in [6.07, 6.45) is -0.0647. The van der Waals surface area contributed by atoms with Crippen LogP contribution in [0.1, 0.15) is 18.3 Å². The van der Waals surface area contributed by atoms with Crippen molar-refractivity contribution in [3.8, 4) is 17.1 Å². The molecule has 0 aliphatic rings. The van der Waals surface area contributed by atoms with Gasteiger partial charge < -0.3 is 14.4 Å². The third-order valence-electron chi connectivity index (χ3n) is 3.20. The predicted molar refractivity (Wildman–Crippen MR) is 75.9 cm³/mol. The largest absolute Gasteiger partial charge is 0.494 e. The number of benzene rings is 1. The van der Waals surface area contributed by atoms with Crippen LogP contribution in [-0.2, 0) is 18.3 Å². The zero-order valence-electron chi connectivity index (χ0n) is 11.9. The Labute approximate surface area is 117 Å². The number of rotatable bonds is 5. The predicted octanol–water partition coefficient (Wildman–Crippen LogP) is 2.42. The summed E-state index contributed by atoms with van der Waals surface area (Å²) < 4.78 is 7.38. The molecule has 0 atom stereocenters. The molecule has 2 rings (SSSR count). The Bertz CT molecular complexity index is 632. The van der Waals surface area contributed by atoms with Crippen molar-refractivity contribution in [2.24, 2.45) is 7.05 Å². The third-order valence-corrected chi connectivity index (χ3v) is 3.20.